The van der Waals surface area contributed by atoms with Crippen LogP contribution in [0.2, 0.25) is 0 Å². The Morgan fingerprint density at radius 3 is 2.82 bits per heavy atom. The molecule has 0 aromatic heterocycles. The highest BCUT2D eigenvalue weighted by Crippen LogP contribution is 2.24. The van der Waals surface area contributed by atoms with Crippen LogP contribution in [0.5, 0.6) is 5.75 Å². The molecule has 0 radical (unpaired) electrons. The first kappa shape index (κ1) is 13.8. The molecule has 0 heterocycles. The van der Waals surface area contributed by atoms with Crippen LogP contribution in [0.3, 0.4) is 0 Å². The number of hydrogen-bond donors (Lipinski definition) is 4. The third-order valence-corrected chi connectivity index (χ3v) is 2.75. The maximum absolute atomic E-state index is 11.3. The zero-order valence-corrected chi connectivity index (χ0v) is 11.0. The fraction of sp³-hybridized carbons (Fsp3) is 0.364. The lowest BCUT2D eigenvalue weighted by Gasteiger charge is -2.12. The number of urea groups is 1. The van der Waals surface area contributed by atoms with Crippen LogP contribution >= 0.6 is 15.9 Å². The monoisotopic (exact) mass is 302 g/mol. The summed E-state index contributed by atoms with van der Waals surface area (Å²) < 4.78 is 0.584. The standard InChI is InChI=1S/C11H15BrN2O3/c1-7(6-15)14-11(17)13-5-8-2-3-10(16)9(12)4-8/h2-4,7,15-16H,5-6H2,1H3,(H2,13,14,17)/t7-/m0/s1. The summed E-state index contributed by atoms with van der Waals surface area (Å²) in [6.07, 6.45) is 0. The number of aromatic hydroxyl groups is 1. The molecule has 1 rings (SSSR count). The van der Waals surface area contributed by atoms with E-state index in [-0.39, 0.29) is 24.4 Å². The number of aliphatic hydroxyl groups is 1. The van der Waals surface area contributed by atoms with E-state index in [0.717, 1.165) is 5.56 Å². The number of carbonyl (C=O) groups excluding carboxylic acids is 1. The van der Waals surface area contributed by atoms with Gasteiger partial charge in [0.05, 0.1) is 17.1 Å². The zero-order valence-electron chi connectivity index (χ0n) is 9.40. The number of hydrogen-bond acceptors (Lipinski definition) is 3. The number of nitrogens with one attached hydrogen (secondary N) is 2. The van der Waals surface area contributed by atoms with Gasteiger partial charge in [-0.1, -0.05) is 6.07 Å². The number of carbonyl (C=O) groups is 1. The Bertz CT molecular complexity index is 398. The van der Waals surface area contributed by atoms with Crippen molar-refractivity contribution in [2.45, 2.75) is 19.5 Å². The largest absolute Gasteiger partial charge is 0.507 e. The SMILES string of the molecule is C[C@@H](CO)NC(=O)NCc1ccc(O)c(Br)c1. The van der Waals surface area contributed by atoms with Crippen LogP contribution in [0.15, 0.2) is 22.7 Å². The highest BCUT2D eigenvalue weighted by Gasteiger charge is 2.05. The van der Waals surface area contributed by atoms with Gasteiger partial charge >= 0.3 is 6.03 Å². The maximum Gasteiger partial charge on any atom is 0.315 e. The second kappa shape index (κ2) is 6.46. The summed E-state index contributed by atoms with van der Waals surface area (Å²) in [5, 5.41) is 23.3. The van der Waals surface area contributed by atoms with Crippen LogP contribution < -0.4 is 10.6 Å². The minimum Gasteiger partial charge on any atom is -0.507 e. The lowest BCUT2D eigenvalue weighted by molar-refractivity contribution is 0.220. The number of halogens is 1. The molecule has 0 saturated carbocycles. The highest BCUT2D eigenvalue weighted by atomic mass is 79.9. The van der Waals surface area contributed by atoms with Gasteiger partial charge in [0.2, 0.25) is 0 Å². The lowest BCUT2D eigenvalue weighted by Crippen LogP contribution is -2.41. The number of aliphatic hydroxyl groups excluding tert-OH is 1. The van der Waals surface area contributed by atoms with Gasteiger partial charge in [-0.3, -0.25) is 0 Å². The van der Waals surface area contributed by atoms with Crippen LogP contribution in [-0.4, -0.2) is 28.9 Å². The van der Waals surface area contributed by atoms with Gasteiger partial charge in [0.15, 0.2) is 0 Å². The smallest absolute Gasteiger partial charge is 0.315 e. The van der Waals surface area contributed by atoms with E-state index in [0.29, 0.717) is 11.0 Å². The molecule has 2 amide bonds. The van der Waals surface area contributed by atoms with Crippen molar-refractivity contribution in [2.24, 2.45) is 0 Å². The van der Waals surface area contributed by atoms with Crippen molar-refractivity contribution in [2.75, 3.05) is 6.61 Å². The van der Waals surface area contributed by atoms with Crippen molar-refractivity contribution in [1.82, 2.24) is 10.6 Å². The molecule has 1 aromatic rings. The number of phenols is 1. The highest BCUT2D eigenvalue weighted by molar-refractivity contribution is 9.10. The molecule has 1 atom stereocenters. The Balaban J connectivity index is 2.45. The molecule has 6 heteroatoms. The first-order valence-electron chi connectivity index (χ1n) is 5.15. The molecule has 1 aromatic carbocycles. The molecule has 0 bridgehead atoms. The first-order valence-corrected chi connectivity index (χ1v) is 5.95. The summed E-state index contributed by atoms with van der Waals surface area (Å²) >= 11 is 3.19. The van der Waals surface area contributed by atoms with Gasteiger partial charge in [0, 0.05) is 6.54 Å². The van der Waals surface area contributed by atoms with Crippen molar-refractivity contribution in [3.05, 3.63) is 28.2 Å². The van der Waals surface area contributed by atoms with Crippen LogP contribution in [0.25, 0.3) is 0 Å². The number of phenolic OH excluding ortho intramolecular Hbond substituents is 1. The van der Waals surface area contributed by atoms with E-state index >= 15 is 0 Å². The molecule has 0 aliphatic rings. The molecule has 5 nitrogen and oxygen atoms in total. The van der Waals surface area contributed by atoms with Crippen LogP contribution in [0, 0.1) is 0 Å². The lowest BCUT2D eigenvalue weighted by atomic mass is 10.2. The van der Waals surface area contributed by atoms with Crippen molar-refractivity contribution >= 4 is 22.0 Å². The van der Waals surface area contributed by atoms with E-state index in [1.54, 1.807) is 25.1 Å². The average Bonchev–Trinajstić information content (AvgIpc) is 2.30. The third-order valence-electron chi connectivity index (χ3n) is 2.12. The summed E-state index contributed by atoms with van der Waals surface area (Å²) in [6.45, 7) is 1.96. The van der Waals surface area contributed by atoms with Crippen LogP contribution in [-0.2, 0) is 6.54 Å². The van der Waals surface area contributed by atoms with E-state index < -0.39 is 0 Å². The van der Waals surface area contributed by atoms with Gasteiger partial charge in [-0.25, -0.2) is 4.79 Å². The van der Waals surface area contributed by atoms with Crippen molar-refractivity contribution in [3.8, 4) is 5.75 Å². The van der Waals surface area contributed by atoms with Gasteiger partial charge in [-0.2, -0.15) is 0 Å². The van der Waals surface area contributed by atoms with Gasteiger partial charge in [0.25, 0.3) is 0 Å². The summed E-state index contributed by atoms with van der Waals surface area (Å²) in [7, 11) is 0. The molecule has 0 aliphatic heterocycles. The van der Waals surface area contributed by atoms with E-state index in [9.17, 15) is 9.90 Å². The predicted octanol–water partition coefficient (Wildman–Crippen LogP) is 1.33. The number of amides is 2. The number of benzene rings is 1. The molecule has 0 spiro atoms. The minimum atomic E-state index is -0.337. The van der Waals surface area contributed by atoms with E-state index in [1.165, 1.54) is 0 Å². The Labute approximate surface area is 108 Å². The van der Waals surface area contributed by atoms with Gasteiger partial charge < -0.3 is 20.8 Å². The summed E-state index contributed by atoms with van der Waals surface area (Å²) in [5.74, 6) is 0.159. The number of rotatable bonds is 4. The first-order chi connectivity index (χ1) is 8.02. The van der Waals surface area contributed by atoms with Gasteiger partial charge in [-0.05, 0) is 40.5 Å². The summed E-state index contributed by atoms with van der Waals surface area (Å²) in [4.78, 5) is 11.3. The second-order valence-electron chi connectivity index (χ2n) is 3.70. The molecule has 17 heavy (non-hydrogen) atoms. The third kappa shape index (κ3) is 4.62. The Morgan fingerprint density at radius 2 is 2.24 bits per heavy atom. The van der Waals surface area contributed by atoms with Crippen molar-refractivity contribution in [3.63, 3.8) is 0 Å². The molecule has 0 aliphatic carbocycles. The zero-order chi connectivity index (χ0) is 12.8. The molecule has 0 unspecified atom stereocenters. The molecule has 4 N–H and O–H groups in total. The molecule has 0 fully saturated rings. The maximum atomic E-state index is 11.3. The Morgan fingerprint density at radius 1 is 1.53 bits per heavy atom. The van der Waals surface area contributed by atoms with Crippen molar-refractivity contribution in [1.29, 1.82) is 0 Å². The second-order valence-corrected chi connectivity index (χ2v) is 4.55. The summed E-state index contributed by atoms with van der Waals surface area (Å²) in [6, 6.07) is 4.38. The fourth-order valence-electron chi connectivity index (χ4n) is 1.16. The molecule has 0 saturated heterocycles. The summed E-state index contributed by atoms with van der Waals surface area (Å²) in [5.41, 5.74) is 0.862. The fourth-order valence-corrected chi connectivity index (χ4v) is 1.59. The minimum absolute atomic E-state index is 0.0990. The van der Waals surface area contributed by atoms with Crippen molar-refractivity contribution < 1.29 is 15.0 Å². The van der Waals surface area contributed by atoms with E-state index in [2.05, 4.69) is 26.6 Å². The van der Waals surface area contributed by atoms with E-state index in [4.69, 9.17) is 5.11 Å². The van der Waals surface area contributed by atoms with Gasteiger partial charge in [-0.15, -0.1) is 0 Å². The average molecular weight is 303 g/mol. The predicted molar refractivity (Wildman–Crippen MR) is 67.7 cm³/mol. The Hall–Kier alpha value is -1.27. The van der Waals surface area contributed by atoms with Gasteiger partial charge in [0.1, 0.15) is 5.75 Å². The normalized spacial score (nSPS) is 11.9. The topological polar surface area (TPSA) is 81.6 Å². The molecular formula is C11H15BrN2O3. The van der Waals surface area contributed by atoms with E-state index in [1.807, 2.05) is 0 Å². The quantitative estimate of drug-likeness (QED) is 0.677. The van der Waals surface area contributed by atoms with Crippen LogP contribution in [0.1, 0.15) is 12.5 Å². The Kier molecular flexibility index (Phi) is 5.24. The van der Waals surface area contributed by atoms with Crippen LogP contribution in [0.4, 0.5) is 4.79 Å². The molecular weight excluding hydrogens is 288 g/mol. The molecule has 94 valence electrons.